The third-order valence-corrected chi connectivity index (χ3v) is 6.36. The van der Waals surface area contributed by atoms with E-state index in [1.807, 2.05) is 16.3 Å². The Morgan fingerprint density at radius 3 is 2.96 bits per heavy atom. The second-order valence-electron chi connectivity index (χ2n) is 7.09. The maximum atomic E-state index is 13.9. The Morgan fingerprint density at radius 1 is 1.41 bits per heavy atom. The highest BCUT2D eigenvalue weighted by atomic mass is 32.1. The zero-order valence-corrected chi connectivity index (χ0v) is 15.9. The van der Waals surface area contributed by atoms with Gasteiger partial charge in [0.2, 0.25) is 5.91 Å². The molecule has 3 heterocycles. The van der Waals surface area contributed by atoms with Crippen LogP contribution in [0.2, 0.25) is 0 Å². The van der Waals surface area contributed by atoms with Crippen molar-refractivity contribution in [2.75, 3.05) is 38.3 Å². The van der Waals surface area contributed by atoms with Crippen LogP contribution >= 0.6 is 11.3 Å². The number of ether oxygens (including phenoxy) is 1. The number of methoxy groups -OCH3 is 1. The maximum absolute atomic E-state index is 13.9. The molecule has 2 aromatic rings. The van der Waals surface area contributed by atoms with E-state index in [4.69, 9.17) is 4.74 Å². The van der Waals surface area contributed by atoms with Gasteiger partial charge in [-0.2, -0.15) is 0 Å². The summed E-state index contributed by atoms with van der Waals surface area (Å²) in [6.45, 7) is 2.14. The van der Waals surface area contributed by atoms with Crippen molar-refractivity contribution in [1.82, 2.24) is 9.88 Å². The minimum absolute atomic E-state index is 0.0291. The van der Waals surface area contributed by atoms with Gasteiger partial charge >= 0.3 is 0 Å². The van der Waals surface area contributed by atoms with Crippen molar-refractivity contribution >= 4 is 22.4 Å². The molecule has 2 saturated heterocycles. The van der Waals surface area contributed by atoms with E-state index in [1.165, 1.54) is 30.6 Å². The molecule has 2 aliphatic rings. The molecule has 27 heavy (non-hydrogen) atoms. The average Bonchev–Trinajstić information content (AvgIpc) is 3.35. The quantitative estimate of drug-likeness (QED) is 0.845. The fraction of sp³-hybridized carbons (Fsp3) is 0.474. The molecule has 6 nitrogen and oxygen atoms in total. The molecule has 144 valence electrons. The van der Waals surface area contributed by atoms with Gasteiger partial charge in [-0.05, 0) is 17.7 Å². The standard InChI is InChI=1S/C19H22FN3O3S/c1-26-10-17(25)23-7-13-6-22(19-21-15(9-24)11-27-19)8-16(13)18(23)12-3-2-4-14(20)5-12/h2-5,11,13,16,18,24H,6-10H2,1H3/t13-,16-,18+/m1/s1. The van der Waals surface area contributed by atoms with Crippen molar-refractivity contribution in [3.8, 4) is 0 Å². The van der Waals surface area contributed by atoms with Crippen molar-refractivity contribution in [3.63, 3.8) is 0 Å². The summed E-state index contributed by atoms with van der Waals surface area (Å²) in [5.41, 5.74) is 1.50. The summed E-state index contributed by atoms with van der Waals surface area (Å²) in [6.07, 6.45) is 0. The molecule has 1 aromatic heterocycles. The van der Waals surface area contributed by atoms with E-state index in [-0.39, 0.29) is 36.9 Å². The van der Waals surface area contributed by atoms with E-state index in [9.17, 15) is 14.3 Å². The number of anilines is 1. The predicted octanol–water partition coefficient (Wildman–Crippen LogP) is 2.06. The Bertz CT molecular complexity index is 830. The van der Waals surface area contributed by atoms with Gasteiger partial charge in [0, 0.05) is 44.0 Å². The second-order valence-corrected chi connectivity index (χ2v) is 7.92. The number of aromatic nitrogens is 1. The molecule has 1 N–H and O–H groups in total. The monoisotopic (exact) mass is 391 g/mol. The molecule has 1 aromatic carbocycles. The minimum atomic E-state index is -0.294. The fourth-order valence-electron chi connectivity index (χ4n) is 4.30. The van der Waals surface area contributed by atoms with Crippen LogP contribution in [0.4, 0.5) is 9.52 Å². The molecule has 0 aliphatic carbocycles. The van der Waals surface area contributed by atoms with Gasteiger partial charge in [0.25, 0.3) is 0 Å². The van der Waals surface area contributed by atoms with Crippen LogP contribution in [0.25, 0.3) is 0 Å². The van der Waals surface area contributed by atoms with E-state index in [1.54, 1.807) is 6.07 Å². The number of benzene rings is 1. The van der Waals surface area contributed by atoms with Crippen LogP contribution in [0.3, 0.4) is 0 Å². The minimum Gasteiger partial charge on any atom is -0.390 e. The zero-order chi connectivity index (χ0) is 19.0. The van der Waals surface area contributed by atoms with Crippen molar-refractivity contribution in [2.24, 2.45) is 11.8 Å². The van der Waals surface area contributed by atoms with Gasteiger partial charge in [-0.25, -0.2) is 9.37 Å². The first-order valence-corrected chi connectivity index (χ1v) is 9.82. The molecule has 3 atom stereocenters. The lowest BCUT2D eigenvalue weighted by atomic mass is 9.89. The van der Waals surface area contributed by atoms with Gasteiger partial charge in [0.15, 0.2) is 5.13 Å². The first-order chi connectivity index (χ1) is 13.1. The SMILES string of the molecule is COCC(=O)N1C[C@H]2CN(c3nc(CO)cs3)C[C@H]2[C@@H]1c1cccc(F)c1. The van der Waals surface area contributed by atoms with Gasteiger partial charge in [-0.1, -0.05) is 12.1 Å². The van der Waals surface area contributed by atoms with Crippen LogP contribution in [-0.2, 0) is 16.1 Å². The van der Waals surface area contributed by atoms with Gasteiger partial charge in [0.05, 0.1) is 18.3 Å². The second kappa shape index (κ2) is 7.53. The lowest BCUT2D eigenvalue weighted by molar-refractivity contribution is -0.136. The Kier molecular flexibility index (Phi) is 5.12. The Hall–Kier alpha value is -2.03. The highest BCUT2D eigenvalue weighted by molar-refractivity contribution is 7.13. The van der Waals surface area contributed by atoms with E-state index in [2.05, 4.69) is 9.88 Å². The molecule has 0 unspecified atom stereocenters. The molecule has 2 aliphatic heterocycles. The zero-order valence-electron chi connectivity index (χ0n) is 15.0. The summed E-state index contributed by atoms with van der Waals surface area (Å²) < 4.78 is 18.9. The van der Waals surface area contributed by atoms with Crippen LogP contribution in [0.5, 0.6) is 0 Å². The largest absolute Gasteiger partial charge is 0.390 e. The number of nitrogens with zero attached hydrogens (tertiary/aromatic N) is 3. The van der Waals surface area contributed by atoms with E-state index < -0.39 is 0 Å². The van der Waals surface area contributed by atoms with Crippen LogP contribution in [0.15, 0.2) is 29.6 Å². The number of hydrogen-bond donors (Lipinski definition) is 1. The number of rotatable bonds is 5. The number of fused-ring (bicyclic) bond motifs is 1. The normalized spacial score (nSPS) is 24.5. The fourth-order valence-corrected chi connectivity index (χ4v) is 5.13. The van der Waals surface area contributed by atoms with E-state index >= 15 is 0 Å². The number of thiazole rings is 1. The summed E-state index contributed by atoms with van der Waals surface area (Å²) in [6, 6.07) is 6.35. The number of likely N-dealkylation sites (tertiary alicyclic amines) is 1. The Balaban J connectivity index is 1.61. The number of halogens is 1. The number of aliphatic hydroxyl groups is 1. The van der Waals surface area contributed by atoms with E-state index in [0.29, 0.717) is 18.2 Å². The van der Waals surface area contributed by atoms with Gasteiger partial charge in [-0.15, -0.1) is 11.3 Å². The maximum Gasteiger partial charge on any atom is 0.249 e. The number of aliphatic hydroxyl groups excluding tert-OH is 1. The highest BCUT2D eigenvalue weighted by Crippen LogP contribution is 2.46. The summed E-state index contributed by atoms with van der Waals surface area (Å²) >= 11 is 1.52. The molecule has 0 bridgehead atoms. The number of amides is 1. The molecular formula is C19H22FN3O3S. The van der Waals surface area contributed by atoms with Crippen molar-refractivity contribution in [2.45, 2.75) is 12.6 Å². The van der Waals surface area contributed by atoms with Crippen molar-refractivity contribution < 1.29 is 19.0 Å². The number of carbonyl (C=O) groups is 1. The molecule has 0 spiro atoms. The van der Waals surface area contributed by atoms with Crippen LogP contribution < -0.4 is 4.90 Å². The number of carbonyl (C=O) groups excluding carboxylic acids is 1. The molecule has 0 radical (unpaired) electrons. The molecular weight excluding hydrogens is 369 g/mol. The molecule has 0 saturated carbocycles. The molecule has 1 amide bonds. The smallest absolute Gasteiger partial charge is 0.249 e. The first-order valence-electron chi connectivity index (χ1n) is 8.94. The lowest BCUT2D eigenvalue weighted by Gasteiger charge is -2.29. The average molecular weight is 391 g/mol. The van der Waals surface area contributed by atoms with Crippen molar-refractivity contribution in [3.05, 3.63) is 46.7 Å². The topological polar surface area (TPSA) is 65.9 Å². The van der Waals surface area contributed by atoms with E-state index in [0.717, 1.165) is 23.8 Å². The van der Waals surface area contributed by atoms with Gasteiger partial charge in [0.1, 0.15) is 12.4 Å². The van der Waals surface area contributed by atoms with Crippen molar-refractivity contribution in [1.29, 1.82) is 0 Å². The molecule has 4 rings (SSSR count). The van der Waals surface area contributed by atoms with Gasteiger partial charge < -0.3 is 19.6 Å². The third kappa shape index (κ3) is 3.44. The third-order valence-electron chi connectivity index (χ3n) is 5.41. The summed E-state index contributed by atoms with van der Waals surface area (Å²) in [7, 11) is 1.51. The molecule has 2 fully saturated rings. The summed E-state index contributed by atoms with van der Waals surface area (Å²) in [4.78, 5) is 21.1. The predicted molar refractivity (Wildman–Crippen MR) is 100.0 cm³/mol. The van der Waals surface area contributed by atoms with Gasteiger partial charge in [-0.3, -0.25) is 4.79 Å². The van der Waals surface area contributed by atoms with Crippen LogP contribution in [-0.4, -0.2) is 54.2 Å². The summed E-state index contributed by atoms with van der Waals surface area (Å²) in [5.74, 6) is 0.136. The van der Waals surface area contributed by atoms with Crippen LogP contribution in [0.1, 0.15) is 17.3 Å². The highest BCUT2D eigenvalue weighted by Gasteiger charge is 2.49. The molecule has 8 heteroatoms. The lowest BCUT2D eigenvalue weighted by Crippen LogP contribution is -2.37. The first kappa shape index (κ1) is 18.3. The van der Waals surface area contributed by atoms with Crippen LogP contribution in [0, 0.1) is 17.7 Å². The Morgan fingerprint density at radius 2 is 2.26 bits per heavy atom. The number of hydrogen-bond acceptors (Lipinski definition) is 6. The summed E-state index contributed by atoms with van der Waals surface area (Å²) in [5, 5.41) is 12.0. The Labute approximate surface area is 161 Å².